The summed E-state index contributed by atoms with van der Waals surface area (Å²) in [5.74, 6) is -1.19. The van der Waals surface area contributed by atoms with Crippen LogP contribution >= 0.6 is 22.9 Å². The molecule has 0 saturated carbocycles. The molecule has 0 radical (unpaired) electrons. The molecular weight excluding hydrogens is 286 g/mol. The first-order chi connectivity index (χ1) is 7.78. The Labute approximate surface area is 109 Å². The summed E-state index contributed by atoms with van der Waals surface area (Å²) < 4.78 is 25.5. The highest BCUT2D eigenvalue weighted by Gasteiger charge is 2.27. The standard InChI is InChI=1S/C9H12ClNO4S2/c1-3-11(5-7(12)13)17(14,15)8-4-6(2)9(10)16-8/h4H,3,5H2,1-2H3,(H,12,13). The van der Waals surface area contributed by atoms with E-state index in [2.05, 4.69) is 0 Å². The molecular formula is C9H12ClNO4S2. The summed E-state index contributed by atoms with van der Waals surface area (Å²) in [6, 6.07) is 1.45. The zero-order chi connectivity index (χ0) is 13.2. The molecule has 0 aliphatic carbocycles. The molecule has 0 amide bonds. The summed E-state index contributed by atoms with van der Waals surface area (Å²) in [5, 5.41) is 8.66. The van der Waals surface area contributed by atoms with Gasteiger partial charge in [-0.3, -0.25) is 4.79 Å². The summed E-state index contributed by atoms with van der Waals surface area (Å²) in [4.78, 5) is 10.6. The van der Waals surface area contributed by atoms with E-state index in [1.165, 1.54) is 6.07 Å². The van der Waals surface area contributed by atoms with E-state index in [9.17, 15) is 13.2 Å². The van der Waals surface area contributed by atoms with Crippen molar-refractivity contribution in [3.8, 4) is 0 Å². The van der Waals surface area contributed by atoms with Crippen LogP contribution in [0.15, 0.2) is 10.3 Å². The maximum absolute atomic E-state index is 12.1. The first-order valence-electron chi connectivity index (χ1n) is 4.77. The van der Waals surface area contributed by atoms with Crippen LogP contribution in [-0.4, -0.2) is 36.9 Å². The van der Waals surface area contributed by atoms with Gasteiger partial charge in [0.2, 0.25) is 0 Å². The molecule has 0 unspecified atom stereocenters. The first kappa shape index (κ1) is 14.4. The van der Waals surface area contributed by atoms with Crippen molar-refractivity contribution >= 4 is 38.9 Å². The third-order valence-electron chi connectivity index (χ3n) is 2.09. The molecule has 0 aliphatic heterocycles. The van der Waals surface area contributed by atoms with Crippen molar-refractivity contribution in [3.63, 3.8) is 0 Å². The Bertz CT molecular complexity index is 504. The fourth-order valence-electron chi connectivity index (χ4n) is 1.20. The number of hydrogen-bond donors (Lipinski definition) is 1. The number of likely N-dealkylation sites (N-methyl/N-ethyl adjacent to an activating group) is 1. The van der Waals surface area contributed by atoms with Crippen LogP contribution in [0.4, 0.5) is 0 Å². The van der Waals surface area contributed by atoms with E-state index in [1.54, 1.807) is 13.8 Å². The van der Waals surface area contributed by atoms with Crippen molar-refractivity contribution < 1.29 is 18.3 Å². The fourth-order valence-corrected chi connectivity index (χ4v) is 4.47. The number of aliphatic carboxylic acids is 1. The number of thiophene rings is 1. The Balaban J connectivity index is 3.12. The van der Waals surface area contributed by atoms with E-state index < -0.39 is 22.5 Å². The van der Waals surface area contributed by atoms with Gasteiger partial charge in [-0.1, -0.05) is 18.5 Å². The monoisotopic (exact) mass is 297 g/mol. The molecule has 5 nitrogen and oxygen atoms in total. The highest BCUT2D eigenvalue weighted by Crippen LogP contribution is 2.31. The van der Waals surface area contributed by atoms with Crippen molar-refractivity contribution in [2.75, 3.05) is 13.1 Å². The van der Waals surface area contributed by atoms with Crippen LogP contribution in [-0.2, 0) is 14.8 Å². The molecule has 1 aromatic rings. The quantitative estimate of drug-likeness (QED) is 0.899. The van der Waals surface area contributed by atoms with Gasteiger partial charge in [-0.15, -0.1) is 11.3 Å². The Morgan fingerprint density at radius 2 is 2.18 bits per heavy atom. The van der Waals surface area contributed by atoms with Crippen molar-refractivity contribution in [3.05, 3.63) is 16.0 Å². The number of aryl methyl sites for hydroxylation is 1. The average Bonchev–Trinajstić information content (AvgIpc) is 2.56. The number of sulfonamides is 1. The summed E-state index contributed by atoms with van der Waals surface area (Å²) in [6.07, 6.45) is 0. The number of carbonyl (C=O) groups is 1. The Morgan fingerprint density at radius 1 is 1.59 bits per heavy atom. The van der Waals surface area contributed by atoms with Crippen LogP contribution in [0.2, 0.25) is 4.34 Å². The Hall–Kier alpha value is -0.630. The van der Waals surface area contributed by atoms with Gasteiger partial charge in [0.25, 0.3) is 10.0 Å². The van der Waals surface area contributed by atoms with Crippen LogP contribution in [0, 0.1) is 6.92 Å². The lowest BCUT2D eigenvalue weighted by Gasteiger charge is -2.16. The van der Waals surface area contributed by atoms with Crippen molar-refractivity contribution in [2.45, 2.75) is 18.1 Å². The molecule has 0 aromatic carbocycles. The second kappa shape index (κ2) is 5.34. The van der Waals surface area contributed by atoms with Crippen LogP contribution in [0.1, 0.15) is 12.5 Å². The van der Waals surface area contributed by atoms with Crippen LogP contribution in [0.3, 0.4) is 0 Å². The Morgan fingerprint density at radius 3 is 2.53 bits per heavy atom. The molecule has 96 valence electrons. The highest BCUT2D eigenvalue weighted by molar-refractivity contribution is 7.91. The van der Waals surface area contributed by atoms with Crippen molar-refractivity contribution in [2.24, 2.45) is 0 Å². The van der Waals surface area contributed by atoms with Crippen molar-refractivity contribution in [1.29, 1.82) is 0 Å². The highest BCUT2D eigenvalue weighted by atomic mass is 35.5. The lowest BCUT2D eigenvalue weighted by Crippen LogP contribution is -2.35. The third kappa shape index (κ3) is 3.19. The largest absolute Gasteiger partial charge is 0.480 e. The summed E-state index contributed by atoms with van der Waals surface area (Å²) in [6.45, 7) is 2.84. The maximum Gasteiger partial charge on any atom is 0.318 e. The van der Waals surface area contributed by atoms with Crippen LogP contribution in [0.5, 0.6) is 0 Å². The fraction of sp³-hybridized carbons (Fsp3) is 0.444. The first-order valence-corrected chi connectivity index (χ1v) is 7.40. The summed E-state index contributed by atoms with van der Waals surface area (Å²) in [7, 11) is -3.76. The van der Waals surface area contributed by atoms with Gasteiger partial charge in [0.1, 0.15) is 10.8 Å². The van der Waals surface area contributed by atoms with Crippen LogP contribution in [0.25, 0.3) is 0 Å². The predicted molar refractivity (Wildman–Crippen MR) is 66.1 cm³/mol. The number of carboxylic acids is 1. The van der Waals surface area contributed by atoms with Gasteiger partial charge < -0.3 is 5.11 Å². The van der Waals surface area contributed by atoms with Gasteiger partial charge in [-0.05, 0) is 18.6 Å². The molecule has 0 saturated heterocycles. The molecule has 0 fully saturated rings. The molecule has 1 heterocycles. The van der Waals surface area contributed by atoms with Gasteiger partial charge in [0, 0.05) is 6.54 Å². The lowest BCUT2D eigenvalue weighted by atomic mass is 10.4. The molecule has 1 aromatic heterocycles. The number of hydrogen-bond acceptors (Lipinski definition) is 4. The molecule has 17 heavy (non-hydrogen) atoms. The minimum atomic E-state index is -3.76. The topological polar surface area (TPSA) is 74.7 Å². The number of halogens is 1. The minimum absolute atomic E-state index is 0.0723. The van der Waals surface area contributed by atoms with Gasteiger partial charge in [0.15, 0.2) is 0 Å². The van der Waals surface area contributed by atoms with E-state index in [-0.39, 0.29) is 10.8 Å². The summed E-state index contributed by atoms with van der Waals surface area (Å²) >= 11 is 6.74. The SMILES string of the molecule is CCN(CC(=O)O)S(=O)(=O)c1cc(C)c(Cl)s1. The van der Waals surface area contributed by atoms with E-state index >= 15 is 0 Å². The van der Waals surface area contributed by atoms with Crippen LogP contribution < -0.4 is 0 Å². The normalized spacial score (nSPS) is 12.0. The third-order valence-corrected chi connectivity index (χ3v) is 6.02. The minimum Gasteiger partial charge on any atom is -0.480 e. The number of rotatable bonds is 5. The summed E-state index contributed by atoms with van der Waals surface area (Å²) in [5.41, 5.74) is 0.668. The van der Waals surface area contributed by atoms with E-state index in [1.807, 2.05) is 0 Å². The molecule has 0 atom stereocenters. The smallest absolute Gasteiger partial charge is 0.318 e. The van der Waals surface area contributed by atoms with E-state index in [0.29, 0.717) is 9.90 Å². The predicted octanol–water partition coefficient (Wildman–Crippen LogP) is 1.81. The van der Waals surface area contributed by atoms with Gasteiger partial charge in [0.05, 0.1) is 4.34 Å². The second-order valence-corrected chi connectivity index (χ2v) is 7.17. The number of nitrogens with zero attached hydrogens (tertiary/aromatic N) is 1. The molecule has 1 rings (SSSR count). The molecule has 0 aliphatic rings. The zero-order valence-electron chi connectivity index (χ0n) is 9.31. The average molecular weight is 298 g/mol. The van der Waals surface area contributed by atoms with Gasteiger partial charge in [-0.2, -0.15) is 4.31 Å². The van der Waals surface area contributed by atoms with E-state index in [0.717, 1.165) is 15.6 Å². The second-order valence-electron chi connectivity index (χ2n) is 3.35. The zero-order valence-corrected chi connectivity index (χ0v) is 11.7. The van der Waals surface area contributed by atoms with Gasteiger partial charge in [-0.25, -0.2) is 8.42 Å². The molecule has 0 spiro atoms. The molecule has 0 bridgehead atoms. The molecule has 8 heteroatoms. The lowest BCUT2D eigenvalue weighted by molar-refractivity contribution is -0.137. The molecule has 1 N–H and O–H groups in total. The Kier molecular flexibility index (Phi) is 4.54. The number of carboxylic acid groups (broad SMARTS) is 1. The van der Waals surface area contributed by atoms with Gasteiger partial charge >= 0.3 is 5.97 Å². The van der Waals surface area contributed by atoms with Crippen molar-refractivity contribution in [1.82, 2.24) is 4.31 Å². The van der Waals surface area contributed by atoms with E-state index in [4.69, 9.17) is 16.7 Å². The maximum atomic E-state index is 12.1.